The van der Waals surface area contributed by atoms with Gasteiger partial charge in [0.05, 0.1) is 6.04 Å². The number of hydrogen-bond donors (Lipinski definition) is 1. The molecule has 3 rings (SSSR count). The van der Waals surface area contributed by atoms with Gasteiger partial charge in [0, 0.05) is 50.1 Å². The van der Waals surface area contributed by atoms with E-state index in [4.69, 9.17) is 11.6 Å². The summed E-state index contributed by atoms with van der Waals surface area (Å²) in [7, 11) is 0. The molecule has 1 atom stereocenters. The summed E-state index contributed by atoms with van der Waals surface area (Å²) in [5.41, 5.74) is 1.08. The summed E-state index contributed by atoms with van der Waals surface area (Å²) < 4.78 is 0. The summed E-state index contributed by atoms with van der Waals surface area (Å²) in [5.74, 6) is 0.455. The molecule has 2 amide bonds. The van der Waals surface area contributed by atoms with E-state index in [1.807, 2.05) is 41.0 Å². The van der Waals surface area contributed by atoms with Crippen molar-refractivity contribution in [3.63, 3.8) is 0 Å². The zero-order valence-corrected chi connectivity index (χ0v) is 16.2. The first-order valence-electron chi connectivity index (χ1n) is 9.64. The number of halogens is 1. The van der Waals surface area contributed by atoms with Crippen molar-refractivity contribution in [3.05, 3.63) is 34.9 Å². The van der Waals surface area contributed by atoms with Gasteiger partial charge in [0.25, 0.3) is 0 Å². The summed E-state index contributed by atoms with van der Waals surface area (Å²) in [4.78, 5) is 29.2. The van der Waals surface area contributed by atoms with Crippen molar-refractivity contribution in [2.24, 2.45) is 5.92 Å². The van der Waals surface area contributed by atoms with E-state index in [0.29, 0.717) is 31.1 Å². The van der Waals surface area contributed by atoms with E-state index in [0.717, 1.165) is 37.9 Å². The topological polar surface area (TPSA) is 52.7 Å². The highest BCUT2D eigenvalue weighted by molar-refractivity contribution is 6.30. The SMILES string of the molecule is CCCC(=O)N1CCC(C(=O)N2CCNCC2c2cccc(Cl)c2)CC1. The second kappa shape index (κ2) is 8.87. The van der Waals surface area contributed by atoms with Crippen molar-refractivity contribution in [1.29, 1.82) is 0 Å². The van der Waals surface area contributed by atoms with Gasteiger partial charge in [0.2, 0.25) is 11.8 Å². The Labute approximate surface area is 160 Å². The molecule has 2 aliphatic heterocycles. The van der Waals surface area contributed by atoms with Crippen LogP contribution in [0.1, 0.15) is 44.2 Å². The molecule has 1 aromatic rings. The summed E-state index contributed by atoms with van der Waals surface area (Å²) in [5, 5.41) is 4.08. The van der Waals surface area contributed by atoms with Crippen LogP contribution < -0.4 is 5.32 Å². The number of piperidine rings is 1. The molecule has 0 aromatic heterocycles. The Kier molecular flexibility index (Phi) is 6.54. The third-order valence-electron chi connectivity index (χ3n) is 5.42. The molecule has 6 heteroatoms. The van der Waals surface area contributed by atoms with Crippen LogP contribution in [0.5, 0.6) is 0 Å². The van der Waals surface area contributed by atoms with Crippen LogP contribution in [0, 0.1) is 5.92 Å². The third-order valence-corrected chi connectivity index (χ3v) is 5.66. The molecule has 1 N–H and O–H groups in total. The molecule has 0 aliphatic carbocycles. The van der Waals surface area contributed by atoms with Gasteiger partial charge in [-0.2, -0.15) is 0 Å². The number of benzene rings is 1. The second-order valence-corrected chi connectivity index (χ2v) is 7.65. The molecule has 1 unspecified atom stereocenters. The molecular formula is C20H28ClN3O2. The first kappa shape index (κ1) is 19.2. The number of carbonyl (C=O) groups excluding carboxylic acids is 2. The monoisotopic (exact) mass is 377 g/mol. The highest BCUT2D eigenvalue weighted by atomic mass is 35.5. The normalized spacial score (nSPS) is 21.7. The number of nitrogens with zero attached hydrogens (tertiary/aromatic N) is 2. The number of piperazine rings is 1. The summed E-state index contributed by atoms with van der Waals surface area (Å²) >= 11 is 6.15. The van der Waals surface area contributed by atoms with Crippen molar-refractivity contribution in [1.82, 2.24) is 15.1 Å². The van der Waals surface area contributed by atoms with E-state index in [1.54, 1.807) is 0 Å². The molecule has 0 radical (unpaired) electrons. The van der Waals surface area contributed by atoms with E-state index < -0.39 is 0 Å². The van der Waals surface area contributed by atoms with Gasteiger partial charge in [0.1, 0.15) is 0 Å². The Bertz CT molecular complexity index is 644. The molecule has 2 fully saturated rings. The number of nitrogens with one attached hydrogen (secondary N) is 1. The van der Waals surface area contributed by atoms with Gasteiger partial charge in [0.15, 0.2) is 0 Å². The lowest BCUT2D eigenvalue weighted by Crippen LogP contribution is -2.52. The Morgan fingerprint density at radius 3 is 2.69 bits per heavy atom. The quantitative estimate of drug-likeness (QED) is 0.877. The van der Waals surface area contributed by atoms with Crippen LogP contribution in [0.4, 0.5) is 0 Å². The van der Waals surface area contributed by atoms with E-state index in [2.05, 4.69) is 5.32 Å². The Morgan fingerprint density at radius 1 is 1.23 bits per heavy atom. The first-order chi connectivity index (χ1) is 12.6. The van der Waals surface area contributed by atoms with Gasteiger partial charge in [-0.05, 0) is 37.0 Å². The number of amides is 2. The predicted octanol–water partition coefficient (Wildman–Crippen LogP) is 2.85. The fourth-order valence-corrected chi connectivity index (χ4v) is 4.16. The van der Waals surface area contributed by atoms with E-state index in [1.165, 1.54) is 0 Å². The van der Waals surface area contributed by atoms with Crippen LogP contribution in [0.3, 0.4) is 0 Å². The maximum Gasteiger partial charge on any atom is 0.226 e. The largest absolute Gasteiger partial charge is 0.343 e. The Balaban J connectivity index is 1.65. The van der Waals surface area contributed by atoms with Crippen LogP contribution in [0.15, 0.2) is 24.3 Å². The van der Waals surface area contributed by atoms with Crippen LogP contribution in [0.25, 0.3) is 0 Å². The molecule has 0 spiro atoms. The van der Waals surface area contributed by atoms with Crippen molar-refractivity contribution in [3.8, 4) is 0 Å². The molecule has 2 heterocycles. The number of rotatable bonds is 4. The first-order valence-corrected chi connectivity index (χ1v) is 10.0. The minimum Gasteiger partial charge on any atom is -0.343 e. The van der Waals surface area contributed by atoms with Crippen LogP contribution in [-0.2, 0) is 9.59 Å². The lowest BCUT2D eigenvalue weighted by atomic mass is 9.93. The molecule has 26 heavy (non-hydrogen) atoms. The number of likely N-dealkylation sites (tertiary alicyclic amines) is 1. The van der Waals surface area contributed by atoms with E-state index >= 15 is 0 Å². The smallest absolute Gasteiger partial charge is 0.226 e. The molecule has 2 saturated heterocycles. The summed E-state index contributed by atoms with van der Waals surface area (Å²) in [6, 6.07) is 7.81. The van der Waals surface area contributed by atoms with Gasteiger partial charge < -0.3 is 15.1 Å². The lowest BCUT2D eigenvalue weighted by molar-refractivity contribution is -0.143. The highest BCUT2D eigenvalue weighted by Crippen LogP contribution is 2.29. The standard InChI is InChI=1S/C20H28ClN3O2/c1-2-4-19(25)23-10-7-15(8-11-23)20(26)24-12-9-22-14-18(24)16-5-3-6-17(21)13-16/h3,5-6,13,15,18,22H,2,4,7-12,14H2,1H3. The van der Waals surface area contributed by atoms with E-state index in [9.17, 15) is 9.59 Å². The van der Waals surface area contributed by atoms with Crippen molar-refractivity contribution in [2.75, 3.05) is 32.7 Å². The lowest BCUT2D eigenvalue weighted by Gasteiger charge is -2.40. The molecule has 1 aromatic carbocycles. The molecule has 2 aliphatic rings. The average Bonchev–Trinajstić information content (AvgIpc) is 2.68. The number of hydrogen-bond acceptors (Lipinski definition) is 3. The van der Waals surface area contributed by atoms with Crippen molar-refractivity contribution < 1.29 is 9.59 Å². The average molecular weight is 378 g/mol. The fourth-order valence-electron chi connectivity index (χ4n) is 3.96. The maximum atomic E-state index is 13.2. The zero-order chi connectivity index (χ0) is 18.5. The van der Waals surface area contributed by atoms with Crippen LogP contribution >= 0.6 is 11.6 Å². The molecule has 5 nitrogen and oxygen atoms in total. The van der Waals surface area contributed by atoms with Crippen LogP contribution in [0.2, 0.25) is 5.02 Å². The Hall–Kier alpha value is -1.59. The Morgan fingerprint density at radius 2 is 2.00 bits per heavy atom. The molecule has 0 saturated carbocycles. The summed E-state index contributed by atoms with van der Waals surface area (Å²) in [6.07, 6.45) is 3.01. The number of carbonyl (C=O) groups is 2. The van der Waals surface area contributed by atoms with Gasteiger partial charge in [-0.3, -0.25) is 9.59 Å². The maximum absolute atomic E-state index is 13.2. The minimum atomic E-state index is 0.0143. The van der Waals surface area contributed by atoms with Crippen LogP contribution in [-0.4, -0.2) is 54.3 Å². The van der Waals surface area contributed by atoms with Gasteiger partial charge in [-0.1, -0.05) is 30.7 Å². The second-order valence-electron chi connectivity index (χ2n) is 7.21. The third kappa shape index (κ3) is 4.38. The zero-order valence-electron chi connectivity index (χ0n) is 15.4. The van der Waals surface area contributed by atoms with Crippen molar-refractivity contribution >= 4 is 23.4 Å². The van der Waals surface area contributed by atoms with Gasteiger partial charge in [-0.15, -0.1) is 0 Å². The van der Waals surface area contributed by atoms with Gasteiger partial charge >= 0.3 is 0 Å². The molecular weight excluding hydrogens is 350 g/mol. The van der Waals surface area contributed by atoms with E-state index in [-0.39, 0.29) is 23.8 Å². The highest BCUT2D eigenvalue weighted by Gasteiger charge is 2.34. The van der Waals surface area contributed by atoms with Crippen molar-refractivity contribution in [2.45, 2.75) is 38.6 Å². The van der Waals surface area contributed by atoms with Gasteiger partial charge in [-0.25, -0.2) is 0 Å². The molecule has 142 valence electrons. The fraction of sp³-hybridized carbons (Fsp3) is 0.600. The minimum absolute atomic E-state index is 0.0143. The summed E-state index contributed by atoms with van der Waals surface area (Å²) in [6.45, 7) is 5.70. The molecule has 0 bridgehead atoms. The predicted molar refractivity (Wildman–Crippen MR) is 103 cm³/mol.